The number of benzene rings is 2. The van der Waals surface area contributed by atoms with E-state index in [9.17, 15) is 13.2 Å². The summed E-state index contributed by atoms with van der Waals surface area (Å²) in [5.74, 6) is 0.973. The van der Waals surface area contributed by atoms with Gasteiger partial charge in [0.2, 0.25) is 0 Å². The van der Waals surface area contributed by atoms with E-state index in [0.717, 1.165) is 5.56 Å². The number of nitrogens with zero attached hydrogens (tertiary/aromatic N) is 1. The molecule has 0 aliphatic carbocycles. The Balaban J connectivity index is 2.34. The summed E-state index contributed by atoms with van der Waals surface area (Å²) in [5.41, 5.74) is 1.25. The van der Waals surface area contributed by atoms with E-state index in [4.69, 9.17) is 13.7 Å². The predicted molar refractivity (Wildman–Crippen MR) is 116 cm³/mol. The minimum Gasteiger partial charge on any atom is -0.497 e. The molecule has 1 amide bonds. The first-order chi connectivity index (χ1) is 14.2. The van der Waals surface area contributed by atoms with Crippen LogP contribution in [0, 0.1) is 5.92 Å². The summed E-state index contributed by atoms with van der Waals surface area (Å²) in [6, 6.07) is 12.0. The van der Waals surface area contributed by atoms with Gasteiger partial charge in [-0.3, -0.25) is 4.79 Å². The van der Waals surface area contributed by atoms with Gasteiger partial charge in [0.25, 0.3) is 5.91 Å². The van der Waals surface area contributed by atoms with Crippen molar-refractivity contribution < 1.29 is 26.9 Å². The first kappa shape index (κ1) is 23.5. The zero-order valence-corrected chi connectivity index (χ0v) is 18.9. The maximum atomic E-state index is 13.2. The highest BCUT2D eigenvalue weighted by atomic mass is 32.2. The van der Waals surface area contributed by atoms with Gasteiger partial charge < -0.3 is 18.6 Å². The summed E-state index contributed by atoms with van der Waals surface area (Å²) in [7, 11) is -0.714. The van der Waals surface area contributed by atoms with E-state index in [-0.39, 0.29) is 23.3 Å². The number of carbonyl (C=O) groups is 1. The summed E-state index contributed by atoms with van der Waals surface area (Å²) in [6.45, 7) is 6.39. The van der Waals surface area contributed by atoms with Crippen LogP contribution in [0.1, 0.15) is 36.7 Å². The molecule has 0 atom stereocenters. The topological polar surface area (TPSA) is 82.1 Å². The first-order valence-electron chi connectivity index (χ1n) is 9.71. The Hall–Kier alpha value is -2.74. The van der Waals surface area contributed by atoms with Gasteiger partial charge in [-0.15, -0.1) is 0 Å². The molecule has 0 bridgehead atoms. The Morgan fingerprint density at radius 2 is 1.77 bits per heavy atom. The van der Waals surface area contributed by atoms with Gasteiger partial charge >= 0.3 is 10.1 Å². The molecule has 0 spiro atoms. The van der Waals surface area contributed by atoms with Crippen molar-refractivity contribution in [1.29, 1.82) is 0 Å². The van der Waals surface area contributed by atoms with Crippen LogP contribution in [0.5, 0.6) is 17.2 Å². The SMILES string of the molecule is CCS(=O)(=O)Oc1cc(CN(CC(C)C)C(=O)c2cccc(OC)c2)ccc1OC. The minimum atomic E-state index is -3.71. The Kier molecular flexibility index (Phi) is 8.11. The fourth-order valence-electron chi connectivity index (χ4n) is 2.90. The lowest BCUT2D eigenvalue weighted by Gasteiger charge is -2.25. The highest BCUT2D eigenvalue weighted by Gasteiger charge is 2.20. The van der Waals surface area contributed by atoms with Gasteiger partial charge in [0.1, 0.15) is 5.75 Å². The van der Waals surface area contributed by atoms with Crippen LogP contribution in [0.2, 0.25) is 0 Å². The Bertz CT molecular complexity index is 971. The van der Waals surface area contributed by atoms with Crippen molar-refractivity contribution in [1.82, 2.24) is 4.90 Å². The van der Waals surface area contributed by atoms with Crippen LogP contribution in [0.4, 0.5) is 0 Å². The molecule has 0 unspecified atom stereocenters. The zero-order chi connectivity index (χ0) is 22.3. The Labute approximate surface area is 178 Å². The molecule has 8 heteroatoms. The molecule has 0 N–H and O–H groups in total. The smallest absolute Gasteiger partial charge is 0.309 e. The average Bonchev–Trinajstić information content (AvgIpc) is 2.72. The number of amides is 1. The molecule has 30 heavy (non-hydrogen) atoms. The minimum absolute atomic E-state index is 0.107. The highest BCUT2D eigenvalue weighted by Crippen LogP contribution is 2.30. The lowest BCUT2D eigenvalue weighted by molar-refractivity contribution is 0.0722. The average molecular weight is 436 g/mol. The zero-order valence-electron chi connectivity index (χ0n) is 18.0. The van der Waals surface area contributed by atoms with E-state index in [1.165, 1.54) is 14.0 Å². The summed E-state index contributed by atoms with van der Waals surface area (Å²) in [5, 5.41) is 0. The number of hydrogen-bond donors (Lipinski definition) is 0. The Morgan fingerprint density at radius 1 is 1.03 bits per heavy atom. The standard InChI is InChI=1S/C22H29NO6S/c1-6-30(25,26)29-21-12-17(10-11-20(21)28-5)15-23(14-16(2)3)22(24)18-8-7-9-19(13-18)27-4/h7-13,16H,6,14-15H2,1-5H3. The predicted octanol–water partition coefficient (Wildman–Crippen LogP) is 3.73. The number of methoxy groups -OCH3 is 2. The summed E-state index contributed by atoms with van der Waals surface area (Å²) in [6.07, 6.45) is 0. The van der Waals surface area contributed by atoms with Gasteiger partial charge in [-0.25, -0.2) is 0 Å². The van der Waals surface area contributed by atoms with Crippen molar-refractivity contribution in [2.24, 2.45) is 5.92 Å². The van der Waals surface area contributed by atoms with E-state index in [0.29, 0.717) is 30.2 Å². The lowest BCUT2D eigenvalue weighted by Crippen LogP contribution is -2.33. The van der Waals surface area contributed by atoms with Crippen LogP contribution in [-0.2, 0) is 16.7 Å². The van der Waals surface area contributed by atoms with E-state index < -0.39 is 10.1 Å². The van der Waals surface area contributed by atoms with Crippen molar-refractivity contribution in [2.75, 3.05) is 26.5 Å². The number of hydrogen-bond acceptors (Lipinski definition) is 6. The molecule has 0 radical (unpaired) electrons. The fraction of sp³-hybridized carbons (Fsp3) is 0.409. The molecule has 2 aromatic rings. The lowest BCUT2D eigenvalue weighted by atomic mass is 10.1. The maximum absolute atomic E-state index is 13.2. The van der Waals surface area contributed by atoms with Crippen molar-refractivity contribution >= 4 is 16.0 Å². The second-order valence-corrected chi connectivity index (χ2v) is 9.09. The van der Waals surface area contributed by atoms with Crippen LogP contribution < -0.4 is 13.7 Å². The molecular formula is C22H29NO6S. The van der Waals surface area contributed by atoms with E-state index >= 15 is 0 Å². The fourth-order valence-corrected chi connectivity index (χ4v) is 3.42. The number of rotatable bonds is 10. The number of carbonyl (C=O) groups excluding carboxylic acids is 1. The van der Waals surface area contributed by atoms with Crippen molar-refractivity contribution in [2.45, 2.75) is 27.3 Å². The molecule has 0 aliphatic heterocycles. The summed E-state index contributed by atoms with van der Waals surface area (Å²) in [4.78, 5) is 14.9. The molecule has 0 aliphatic rings. The van der Waals surface area contributed by atoms with Crippen molar-refractivity contribution in [3.63, 3.8) is 0 Å². The molecular weight excluding hydrogens is 406 g/mol. The third kappa shape index (κ3) is 6.38. The van der Waals surface area contributed by atoms with Crippen LogP contribution in [-0.4, -0.2) is 45.7 Å². The Morgan fingerprint density at radius 3 is 2.37 bits per heavy atom. The van der Waals surface area contributed by atoms with Crippen LogP contribution in [0.15, 0.2) is 42.5 Å². The van der Waals surface area contributed by atoms with Gasteiger partial charge in [-0.05, 0) is 48.7 Å². The quantitative estimate of drug-likeness (QED) is 0.529. The monoisotopic (exact) mass is 435 g/mol. The molecule has 0 heterocycles. The molecule has 2 rings (SSSR count). The molecule has 0 aromatic heterocycles. The highest BCUT2D eigenvalue weighted by molar-refractivity contribution is 7.87. The van der Waals surface area contributed by atoms with Gasteiger partial charge in [0.15, 0.2) is 11.5 Å². The third-order valence-corrected chi connectivity index (χ3v) is 5.50. The number of ether oxygens (including phenoxy) is 2. The van der Waals surface area contributed by atoms with Gasteiger partial charge in [0.05, 0.1) is 20.0 Å². The van der Waals surface area contributed by atoms with E-state index in [1.807, 2.05) is 13.8 Å². The van der Waals surface area contributed by atoms with E-state index in [2.05, 4.69) is 0 Å². The summed E-state index contributed by atoms with van der Waals surface area (Å²) < 4.78 is 39.5. The molecule has 0 saturated heterocycles. The largest absolute Gasteiger partial charge is 0.497 e. The second kappa shape index (κ2) is 10.3. The summed E-state index contributed by atoms with van der Waals surface area (Å²) >= 11 is 0. The first-order valence-corrected chi connectivity index (χ1v) is 11.3. The van der Waals surface area contributed by atoms with Crippen molar-refractivity contribution in [3.05, 3.63) is 53.6 Å². The third-order valence-electron chi connectivity index (χ3n) is 4.36. The van der Waals surface area contributed by atoms with Crippen LogP contribution in [0.3, 0.4) is 0 Å². The van der Waals surface area contributed by atoms with Crippen molar-refractivity contribution in [3.8, 4) is 17.2 Å². The van der Waals surface area contributed by atoms with Crippen LogP contribution in [0.25, 0.3) is 0 Å². The normalized spacial score (nSPS) is 11.3. The van der Waals surface area contributed by atoms with Crippen LogP contribution >= 0.6 is 0 Å². The molecule has 164 valence electrons. The molecule has 0 fully saturated rings. The van der Waals surface area contributed by atoms with E-state index in [1.54, 1.807) is 54.5 Å². The van der Waals surface area contributed by atoms with Gasteiger partial charge in [-0.1, -0.05) is 26.0 Å². The second-order valence-electron chi connectivity index (χ2n) is 7.23. The van der Waals surface area contributed by atoms with Gasteiger partial charge in [-0.2, -0.15) is 8.42 Å². The van der Waals surface area contributed by atoms with Gasteiger partial charge in [0, 0.05) is 18.7 Å². The maximum Gasteiger partial charge on any atom is 0.309 e. The molecule has 0 saturated carbocycles. The molecule has 2 aromatic carbocycles. The molecule has 7 nitrogen and oxygen atoms in total.